The maximum Gasteiger partial charge on any atom is 0.343 e. The molecule has 0 N–H and O–H groups in total. The summed E-state index contributed by atoms with van der Waals surface area (Å²) in [6.07, 6.45) is 1.74. The van der Waals surface area contributed by atoms with E-state index in [0.29, 0.717) is 21.9 Å². The monoisotopic (exact) mass is 373 g/mol. The van der Waals surface area contributed by atoms with Crippen LogP contribution < -0.4 is 4.74 Å². The van der Waals surface area contributed by atoms with E-state index in [9.17, 15) is 10.1 Å². The van der Waals surface area contributed by atoms with Crippen LogP contribution in [-0.4, -0.2) is 5.97 Å². The summed E-state index contributed by atoms with van der Waals surface area (Å²) in [7, 11) is 0. The van der Waals surface area contributed by atoms with Crippen molar-refractivity contribution in [2.45, 2.75) is 6.92 Å². The van der Waals surface area contributed by atoms with Gasteiger partial charge in [0, 0.05) is 5.02 Å². The molecule has 0 aromatic heterocycles. The predicted octanol–water partition coefficient (Wildman–Crippen LogP) is 5.93. The minimum Gasteiger partial charge on any atom is -0.423 e. The fraction of sp³-hybridized carbons (Fsp3) is 0.0435. The summed E-state index contributed by atoms with van der Waals surface area (Å²) >= 11 is 5.90. The van der Waals surface area contributed by atoms with Gasteiger partial charge in [0.05, 0.1) is 17.2 Å². The van der Waals surface area contributed by atoms with Crippen LogP contribution in [0, 0.1) is 18.3 Å². The Hall–Kier alpha value is -3.35. The topological polar surface area (TPSA) is 50.1 Å². The minimum atomic E-state index is -0.418. The summed E-state index contributed by atoms with van der Waals surface area (Å²) in [5.74, 6) is 0.00156. The van der Waals surface area contributed by atoms with Gasteiger partial charge in [0.15, 0.2) is 0 Å². The molecule has 27 heavy (non-hydrogen) atoms. The fourth-order valence-corrected chi connectivity index (χ4v) is 2.71. The maximum absolute atomic E-state index is 12.3. The number of ether oxygens (including phenoxy) is 1. The van der Waals surface area contributed by atoms with Gasteiger partial charge in [-0.2, -0.15) is 5.26 Å². The van der Waals surface area contributed by atoms with E-state index in [1.807, 2.05) is 25.1 Å². The molecule has 0 aliphatic heterocycles. The minimum absolute atomic E-state index is 0.418. The van der Waals surface area contributed by atoms with Gasteiger partial charge in [0.2, 0.25) is 0 Å². The third-order valence-corrected chi connectivity index (χ3v) is 4.16. The first-order valence-electron chi connectivity index (χ1n) is 8.32. The number of rotatable bonds is 4. The van der Waals surface area contributed by atoms with E-state index < -0.39 is 5.97 Å². The number of hydrogen-bond donors (Lipinski definition) is 0. The zero-order valence-electron chi connectivity index (χ0n) is 14.6. The van der Waals surface area contributed by atoms with Crippen molar-refractivity contribution >= 4 is 29.2 Å². The first-order valence-corrected chi connectivity index (χ1v) is 8.69. The van der Waals surface area contributed by atoms with Gasteiger partial charge < -0.3 is 4.74 Å². The Kier molecular flexibility index (Phi) is 5.71. The summed E-state index contributed by atoms with van der Waals surface area (Å²) in [6, 6.07) is 23.5. The highest BCUT2D eigenvalue weighted by Gasteiger charge is 2.09. The van der Waals surface area contributed by atoms with Crippen molar-refractivity contribution in [1.82, 2.24) is 0 Å². The number of nitriles is 1. The van der Waals surface area contributed by atoms with E-state index in [1.165, 1.54) is 0 Å². The highest BCUT2D eigenvalue weighted by atomic mass is 35.5. The van der Waals surface area contributed by atoms with Crippen LogP contribution in [0.1, 0.15) is 27.0 Å². The molecule has 0 amide bonds. The number of hydrogen-bond acceptors (Lipinski definition) is 3. The Bertz CT molecular complexity index is 1050. The molecule has 3 aromatic carbocycles. The molecule has 0 saturated heterocycles. The van der Waals surface area contributed by atoms with Crippen molar-refractivity contribution in [3.8, 4) is 11.8 Å². The van der Waals surface area contributed by atoms with Crippen LogP contribution in [-0.2, 0) is 0 Å². The van der Waals surface area contributed by atoms with Crippen molar-refractivity contribution in [3.05, 3.63) is 100 Å². The zero-order valence-corrected chi connectivity index (χ0v) is 15.4. The van der Waals surface area contributed by atoms with Crippen LogP contribution in [0.4, 0.5) is 0 Å². The number of halogens is 1. The van der Waals surface area contributed by atoms with Gasteiger partial charge in [0.25, 0.3) is 0 Å². The van der Waals surface area contributed by atoms with Crippen LogP contribution in [0.2, 0.25) is 5.02 Å². The van der Waals surface area contributed by atoms with Gasteiger partial charge in [0.1, 0.15) is 5.75 Å². The molecule has 0 aliphatic rings. The van der Waals surface area contributed by atoms with E-state index >= 15 is 0 Å². The van der Waals surface area contributed by atoms with Gasteiger partial charge in [-0.15, -0.1) is 0 Å². The van der Waals surface area contributed by atoms with Crippen LogP contribution in [0.15, 0.2) is 72.8 Å². The quantitative estimate of drug-likeness (QED) is 0.246. The van der Waals surface area contributed by atoms with E-state index in [0.717, 1.165) is 16.7 Å². The van der Waals surface area contributed by atoms with Crippen molar-refractivity contribution in [1.29, 1.82) is 5.26 Å². The summed E-state index contributed by atoms with van der Waals surface area (Å²) in [4.78, 5) is 12.3. The second-order valence-electron chi connectivity index (χ2n) is 6.01. The summed E-state index contributed by atoms with van der Waals surface area (Å²) in [5.41, 5.74) is 3.51. The number of esters is 1. The Morgan fingerprint density at radius 3 is 2.44 bits per heavy atom. The normalized spacial score (nSPS) is 10.9. The number of carbonyl (C=O) groups is 1. The van der Waals surface area contributed by atoms with Crippen LogP contribution >= 0.6 is 11.6 Å². The average molecular weight is 374 g/mol. The van der Waals surface area contributed by atoms with Crippen molar-refractivity contribution in [2.24, 2.45) is 0 Å². The van der Waals surface area contributed by atoms with Gasteiger partial charge in [-0.1, -0.05) is 53.6 Å². The molecule has 0 atom stereocenters. The van der Waals surface area contributed by atoms with Gasteiger partial charge in [-0.3, -0.25) is 0 Å². The lowest BCUT2D eigenvalue weighted by molar-refractivity contribution is 0.0734. The van der Waals surface area contributed by atoms with Crippen LogP contribution in [0.5, 0.6) is 5.75 Å². The van der Waals surface area contributed by atoms with E-state index in [4.69, 9.17) is 16.3 Å². The van der Waals surface area contributed by atoms with E-state index in [2.05, 4.69) is 6.07 Å². The summed E-state index contributed by atoms with van der Waals surface area (Å²) in [6.45, 7) is 1.92. The molecule has 0 saturated carbocycles. The predicted molar refractivity (Wildman–Crippen MR) is 108 cm³/mol. The number of carbonyl (C=O) groups excluding carboxylic acids is 1. The Morgan fingerprint density at radius 1 is 1.00 bits per heavy atom. The van der Waals surface area contributed by atoms with Crippen molar-refractivity contribution in [3.63, 3.8) is 0 Å². The molecule has 0 heterocycles. The van der Waals surface area contributed by atoms with Crippen molar-refractivity contribution < 1.29 is 9.53 Å². The third kappa shape index (κ3) is 4.84. The van der Waals surface area contributed by atoms with Gasteiger partial charge in [-0.25, -0.2) is 4.79 Å². The van der Waals surface area contributed by atoms with E-state index in [-0.39, 0.29) is 0 Å². The molecule has 3 aromatic rings. The number of allylic oxidation sites excluding steroid dienone is 1. The number of nitrogens with zero attached hydrogens (tertiary/aromatic N) is 1. The largest absolute Gasteiger partial charge is 0.423 e. The second-order valence-corrected chi connectivity index (χ2v) is 6.44. The second kappa shape index (κ2) is 8.35. The Labute approximate surface area is 163 Å². The lowest BCUT2D eigenvalue weighted by Crippen LogP contribution is -2.08. The number of benzene rings is 3. The fourth-order valence-electron chi connectivity index (χ4n) is 2.58. The lowest BCUT2D eigenvalue weighted by atomic mass is 10.0. The first-order chi connectivity index (χ1) is 13.0. The van der Waals surface area contributed by atoms with Gasteiger partial charge in [-0.05, 0) is 60.5 Å². The summed E-state index contributed by atoms with van der Waals surface area (Å²) in [5, 5.41) is 10.1. The van der Waals surface area contributed by atoms with Crippen molar-refractivity contribution in [2.75, 3.05) is 0 Å². The molecule has 3 rings (SSSR count). The standard InChI is InChI=1S/C23H16ClNO2/c1-16-4-2-6-19(12-16)23(26)27-22-7-3-5-17(14-22)13-20(15-25)18-8-10-21(24)11-9-18/h2-14H,1H3/b20-13-. The summed E-state index contributed by atoms with van der Waals surface area (Å²) < 4.78 is 5.46. The third-order valence-electron chi connectivity index (χ3n) is 3.91. The highest BCUT2D eigenvalue weighted by Crippen LogP contribution is 2.22. The smallest absolute Gasteiger partial charge is 0.343 e. The molecule has 0 aliphatic carbocycles. The molecule has 4 heteroatoms. The Morgan fingerprint density at radius 2 is 1.74 bits per heavy atom. The molecule has 0 fully saturated rings. The number of aryl methyl sites for hydroxylation is 1. The SMILES string of the molecule is Cc1cccc(C(=O)Oc2cccc(/C=C(/C#N)c3ccc(Cl)cc3)c2)c1. The highest BCUT2D eigenvalue weighted by molar-refractivity contribution is 6.30. The zero-order chi connectivity index (χ0) is 19.2. The maximum atomic E-state index is 12.3. The lowest BCUT2D eigenvalue weighted by Gasteiger charge is -2.06. The molecular formula is C23H16ClNO2. The first kappa shape index (κ1) is 18.4. The average Bonchev–Trinajstić information content (AvgIpc) is 2.67. The molecular weight excluding hydrogens is 358 g/mol. The molecule has 0 spiro atoms. The van der Waals surface area contributed by atoms with Gasteiger partial charge >= 0.3 is 5.97 Å². The molecule has 0 unspecified atom stereocenters. The molecule has 132 valence electrons. The van der Waals surface area contributed by atoms with E-state index in [1.54, 1.807) is 60.7 Å². The van der Waals surface area contributed by atoms with Crippen LogP contribution in [0.25, 0.3) is 11.6 Å². The Balaban J connectivity index is 1.83. The molecule has 0 radical (unpaired) electrons. The molecule has 0 bridgehead atoms. The van der Waals surface area contributed by atoms with Crippen LogP contribution in [0.3, 0.4) is 0 Å². The molecule has 3 nitrogen and oxygen atoms in total.